The van der Waals surface area contributed by atoms with Crippen LogP contribution in [0.2, 0.25) is 0 Å². The highest BCUT2D eigenvalue weighted by atomic mass is 16.7. The minimum absolute atomic E-state index is 0.290. The minimum atomic E-state index is -1.40. The van der Waals surface area contributed by atoms with Gasteiger partial charge in [0.25, 0.3) is 0 Å². The van der Waals surface area contributed by atoms with Crippen molar-refractivity contribution in [2.75, 3.05) is 13.7 Å². The molecule has 1 rings (SSSR count). The molecule has 0 aromatic rings. The van der Waals surface area contributed by atoms with E-state index in [9.17, 15) is 4.79 Å². The van der Waals surface area contributed by atoms with Gasteiger partial charge in [0, 0.05) is 7.11 Å². The Labute approximate surface area is 81.4 Å². The van der Waals surface area contributed by atoms with E-state index >= 15 is 0 Å². The van der Waals surface area contributed by atoms with Gasteiger partial charge in [-0.2, -0.15) is 0 Å². The van der Waals surface area contributed by atoms with E-state index < -0.39 is 24.5 Å². The van der Waals surface area contributed by atoms with Crippen LogP contribution in [0.4, 0.5) is 4.79 Å². The second-order valence-electron chi connectivity index (χ2n) is 3.11. The van der Waals surface area contributed by atoms with E-state index in [0.29, 0.717) is 0 Å². The van der Waals surface area contributed by atoms with Crippen LogP contribution in [0.15, 0.2) is 0 Å². The van der Waals surface area contributed by atoms with Crippen molar-refractivity contribution in [2.24, 2.45) is 0 Å². The average molecular weight is 206 g/mol. The molecule has 4 unspecified atom stereocenters. The predicted octanol–water partition coefficient (Wildman–Crippen LogP) is -0.156. The highest BCUT2D eigenvalue weighted by Crippen LogP contribution is 2.25. The SMILES string of the molecule is COC1C(C)OC(CO)C1OC(=O)O. The number of aliphatic hydroxyl groups excluding tert-OH is 1. The lowest BCUT2D eigenvalue weighted by atomic mass is 10.1. The maximum absolute atomic E-state index is 10.4. The lowest BCUT2D eigenvalue weighted by Crippen LogP contribution is -2.38. The zero-order valence-corrected chi connectivity index (χ0v) is 8.04. The van der Waals surface area contributed by atoms with Crippen molar-refractivity contribution in [1.29, 1.82) is 0 Å². The molecule has 0 amide bonds. The summed E-state index contributed by atoms with van der Waals surface area (Å²) in [5.74, 6) is 0. The van der Waals surface area contributed by atoms with E-state index in [1.165, 1.54) is 7.11 Å². The summed E-state index contributed by atoms with van der Waals surface area (Å²) in [5.41, 5.74) is 0. The Kier molecular flexibility index (Phi) is 3.68. The van der Waals surface area contributed by atoms with Crippen LogP contribution in [0.5, 0.6) is 0 Å². The van der Waals surface area contributed by atoms with Gasteiger partial charge in [-0.25, -0.2) is 4.79 Å². The van der Waals surface area contributed by atoms with Gasteiger partial charge in [0.05, 0.1) is 12.7 Å². The normalized spacial score (nSPS) is 37.1. The van der Waals surface area contributed by atoms with E-state index in [1.807, 2.05) is 0 Å². The molecule has 0 spiro atoms. The molecule has 2 N–H and O–H groups in total. The molecule has 0 saturated carbocycles. The maximum atomic E-state index is 10.4. The summed E-state index contributed by atoms with van der Waals surface area (Å²) >= 11 is 0. The van der Waals surface area contributed by atoms with Gasteiger partial charge in [-0.1, -0.05) is 0 Å². The number of aliphatic hydroxyl groups is 1. The zero-order chi connectivity index (χ0) is 10.7. The topological polar surface area (TPSA) is 85.2 Å². The van der Waals surface area contributed by atoms with Crippen LogP contribution in [0, 0.1) is 0 Å². The van der Waals surface area contributed by atoms with Crippen molar-refractivity contribution in [3.05, 3.63) is 0 Å². The second kappa shape index (κ2) is 4.59. The quantitative estimate of drug-likeness (QED) is 0.624. The summed E-state index contributed by atoms with van der Waals surface area (Å²) in [6.45, 7) is 1.45. The fourth-order valence-corrected chi connectivity index (χ4v) is 1.64. The average Bonchev–Trinajstić information content (AvgIpc) is 2.41. The number of hydrogen-bond donors (Lipinski definition) is 2. The number of hydrogen-bond acceptors (Lipinski definition) is 5. The molecule has 0 aromatic carbocycles. The van der Waals surface area contributed by atoms with Gasteiger partial charge in [-0.15, -0.1) is 0 Å². The molecular weight excluding hydrogens is 192 g/mol. The summed E-state index contributed by atoms with van der Waals surface area (Å²) in [6.07, 6.45) is -3.57. The Bertz CT molecular complexity index is 206. The van der Waals surface area contributed by atoms with Gasteiger partial charge in [-0.3, -0.25) is 0 Å². The molecule has 6 heteroatoms. The van der Waals surface area contributed by atoms with Crippen molar-refractivity contribution >= 4 is 6.16 Å². The fourth-order valence-electron chi connectivity index (χ4n) is 1.64. The summed E-state index contributed by atoms with van der Waals surface area (Å²) in [7, 11) is 1.45. The highest BCUT2D eigenvalue weighted by molar-refractivity contribution is 5.57. The van der Waals surface area contributed by atoms with Crippen molar-refractivity contribution in [2.45, 2.75) is 31.3 Å². The molecule has 1 saturated heterocycles. The van der Waals surface area contributed by atoms with Crippen molar-refractivity contribution in [3.63, 3.8) is 0 Å². The van der Waals surface area contributed by atoms with E-state index in [2.05, 4.69) is 4.74 Å². The summed E-state index contributed by atoms with van der Waals surface area (Å²) in [5, 5.41) is 17.4. The van der Waals surface area contributed by atoms with Crippen molar-refractivity contribution < 1.29 is 29.2 Å². The molecule has 14 heavy (non-hydrogen) atoms. The molecule has 1 fully saturated rings. The van der Waals surface area contributed by atoms with Gasteiger partial charge in [0.2, 0.25) is 0 Å². The number of carbonyl (C=O) groups is 1. The number of carboxylic acid groups (broad SMARTS) is 1. The number of rotatable bonds is 3. The summed E-state index contributed by atoms with van der Waals surface area (Å²) < 4.78 is 14.9. The second-order valence-corrected chi connectivity index (χ2v) is 3.11. The first-order valence-corrected chi connectivity index (χ1v) is 4.28. The Hall–Kier alpha value is -0.850. The first-order valence-electron chi connectivity index (χ1n) is 4.28. The van der Waals surface area contributed by atoms with Crippen LogP contribution >= 0.6 is 0 Å². The third-order valence-corrected chi connectivity index (χ3v) is 2.23. The molecule has 4 atom stereocenters. The van der Waals surface area contributed by atoms with Gasteiger partial charge in [0.15, 0.2) is 6.10 Å². The Morgan fingerprint density at radius 2 is 2.14 bits per heavy atom. The lowest BCUT2D eigenvalue weighted by molar-refractivity contribution is -0.0416. The van der Waals surface area contributed by atoms with Crippen LogP contribution in [0.25, 0.3) is 0 Å². The summed E-state index contributed by atoms with van der Waals surface area (Å²) in [6, 6.07) is 0. The first kappa shape index (κ1) is 11.2. The predicted molar refractivity (Wildman–Crippen MR) is 45.1 cm³/mol. The van der Waals surface area contributed by atoms with Gasteiger partial charge in [-0.05, 0) is 6.92 Å². The molecule has 1 aliphatic heterocycles. The standard InChI is InChI=1S/C8H14O6/c1-4-6(12-2)7(14-8(10)11)5(3-9)13-4/h4-7,9H,3H2,1-2H3,(H,10,11). The minimum Gasteiger partial charge on any atom is -0.450 e. The Morgan fingerprint density at radius 3 is 2.57 bits per heavy atom. The van der Waals surface area contributed by atoms with E-state index in [0.717, 1.165) is 0 Å². The molecule has 0 radical (unpaired) electrons. The van der Waals surface area contributed by atoms with E-state index in [1.54, 1.807) is 6.92 Å². The van der Waals surface area contributed by atoms with Crippen LogP contribution < -0.4 is 0 Å². The molecule has 1 aliphatic rings. The molecule has 0 aromatic heterocycles. The molecule has 6 nitrogen and oxygen atoms in total. The van der Waals surface area contributed by atoms with Gasteiger partial charge >= 0.3 is 6.16 Å². The van der Waals surface area contributed by atoms with Crippen LogP contribution in [0.3, 0.4) is 0 Å². The third-order valence-electron chi connectivity index (χ3n) is 2.23. The number of ether oxygens (including phenoxy) is 3. The van der Waals surface area contributed by atoms with E-state index in [4.69, 9.17) is 19.7 Å². The van der Waals surface area contributed by atoms with Crippen LogP contribution in [-0.4, -0.2) is 54.5 Å². The smallest absolute Gasteiger partial charge is 0.450 e. The Balaban J connectivity index is 2.68. The molecule has 0 aliphatic carbocycles. The largest absolute Gasteiger partial charge is 0.506 e. The maximum Gasteiger partial charge on any atom is 0.506 e. The Morgan fingerprint density at radius 1 is 1.50 bits per heavy atom. The third kappa shape index (κ3) is 2.14. The monoisotopic (exact) mass is 206 g/mol. The number of methoxy groups -OCH3 is 1. The van der Waals surface area contributed by atoms with Gasteiger partial charge in [0.1, 0.15) is 12.2 Å². The van der Waals surface area contributed by atoms with Crippen molar-refractivity contribution in [3.8, 4) is 0 Å². The summed E-state index contributed by atoms with van der Waals surface area (Å²) in [4.78, 5) is 10.4. The fraction of sp³-hybridized carbons (Fsp3) is 0.875. The van der Waals surface area contributed by atoms with E-state index in [-0.39, 0.29) is 12.7 Å². The van der Waals surface area contributed by atoms with Crippen LogP contribution in [-0.2, 0) is 14.2 Å². The highest BCUT2D eigenvalue weighted by Gasteiger charge is 2.45. The lowest BCUT2D eigenvalue weighted by Gasteiger charge is -2.19. The molecule has 82 valence electrons. The van der Waals surface area contributed by atoms with Crippen molar-refractivity contribution in [1.82, 2.24) is 0 Å². The zero-order valence-electron chi connectivity index (χ0n) is 8.04. The molecule has 0 bridgehead atoms. The van der Waals surface area contributed by atoms with Gasteiger partial charge < -0.3 is 24.4 Å². The molecule has 1 heterocycles. The molecular formula is C8H14O6. The first-order chi connectivity index (χ1) is 6.60. The van der Waals surface area contributed by atoms with Crippen LogP contribution in [0.1, 0.15) is 6.92 Å².